The summed E-state index contributed by atoms with van der Waals surface area (Å²) in [5, 5.41) is 0. The lowest BCUT2D eigenvalue weighted by Crippen LogP contribution is -2.26. The SMILES string of the molecule is CC(=O)C[C@@H](N)CC1CCCCC1. The molecule has 0 aromatic carbocycles. The molecule has 13 heavy (non-hydrogen) atoms. The van der Waals surface area contributed by atoms with Gasteiger partial charge in [-0.25, -0.2) is 0 Å². The normalized spacial score (nSPS) is 21.4. The molecule has 0 unspecified atom stereocenters. The topological polar surface area (TPSA) is 43.1 Å². The van der Waals surface area contributed by atoms with Crippen molar-refractivity contribution in [3.05, 3.63) is 0 Å². The number of Topliss-reactive ketones (excluding diaryl/α,β-unsaturated/α-hetero) is 1. The third-order valence-corrected chi connectivity index (χ3v) is 2.91. The maximum Gasteiger partial charge on any atom is 0.131 e. The fraction of sp³-hybridized carbons (Fsp3) is 0.909. The Morgan fingerprint density at radius 3 is 2.54 bits per heavy atom. The van der Waals surface area contributed by atoms with E-state index in [-0.39, 0.29) is 11.8 Å². The molecule has 1 aliphatic carbocycles. The fourth-order valence-corrected chi connectivity index (χ4v) is 2.30. The minimum atomic E-state index is 0.112. The molecule has 0 spiro atoms. The summed E-state index contributed by atoms with van der Waals surface area (Å²) in [6, 6.07) is 0.112. The number of carbonyl (C=O) groups is 1. The molecule has 2 nitrogen and oxygen atoms in total. The molecule has 1 atom stereocenters. The predicted octanol–water partition coefficient (Wildman–Crippen LogP) is 2.26. The summed E-state index contributed by atoms with van der Waals surface area (Å²) < 4.78 is 0. The second-order valence-corrected chi connectivity index (χ2v) is 4.41. The maximum absolute atomic E-state index is 10.8. The zero-order valence-electron chi connectivity index (χ0n) is 8.59. The van der Waals surface area contributed by atoms with Gasteiger partial charge < -0.3 is 5.73 Å². The van der Waals surface area contributed by atoms with Gasteiger partial charge in [-0.05, 0) is 19.3 Å². The maximum atomic E-state index is 10.8. The van der Waals surface area contributed by atoms with E-state index in [1.54, 1.807) is 6.92 Å². The van der Waals surface area contributed by atoms with Gasteiger partial charge in [-0.2, -0.15) is 0 Å². The van der Waals surface area contributed by atoms with Crippen LogP contribution in [0.15, 0.2) is 0 Å². The smallest absolute Gasteiger partial charge is 0.131 e. The zero-order valence-corrected chi connectivity index (χ0v) is 8.59. The Bertz CT molecular complexity index is 161. The molecule has 2 N–H and O–H groups in total. The molecule has 1 rings (SSSR count). The first-order valence-electron chi connectivity index (χ1n) is 5.43. The van der Waals surface area contributed by atoms with Gasteiger partial charge >= 0.3 is 0 Å². The Labute approximate surface area is 80.9 Å². The van der Waals surface area contributed by atoms with Crippen molar-refractivity contribution in [1.29, 1.82) is 0 Å². The molecular formula is C11H21NO. The predicted molar refractivity (Wildman–Crippen MR) is 54.5 cm³/mol. The van der Waals surface area contributed by atoms with E-state index in [9.17, 15) is 4.79 Å². The lowest BCUT2D eigenvalue weighted by molar-refractivity contribution is -0.117. The molecule has 0 radical (unpaired) electrons. The monoisotopic (exact) mass is 183 g/mol. The highest BCUT2D eigenvalue weighted by Crippen LogP contribution is 2.27. The van der Waals surface area contributed by atoms with E-state index in [2.05, 4.69) is 0 Å². The summed E-state index contributed by atoms with van der Waals surface area (Å²) >= 11 is 0. The average Bonchev–Trinajstić information content (AvgIpc) is 2.04. The number of hydrogen-bond acceptors (Lipinski definition) is 2. The zero-order chi connectivity index (χ0) is 9.68. The quantitative estimate of drug-likeness (QED) is 0.726. The third kappa shape index (κ3) is 4.41. The van der Waals surface area contributed by atoms with E-state index in [4.69, 9.17) is 5.73 Å². The number of carbonyl (C=O) groups excluding carboxylic acids is 1. The molecular weight excluding hydrogens is 162 g/mol. The number of nitrogens with two attached hydrogens (primary N) is 1. The molecule has 0 heterocycles. The Balaban J connectivity index is 2.18. The van der Waals surface area contributed by atoms with Gasteiger partial charge in [-0.15, -0.1) is 0 Å². The van der Waals surface area contributed by atoms with E-state index in [0.29, 0.717) is 6.42 Å². The summed E-state index contributed by atoms with van der Waals surface area (Å²) in [5.41, 5.74) is 5.88. The number of hydrogen-bond donors (Lipinski definition) is 1. The van der Waals surface area contributed by atoms with Crippen LogP contribution in [0.4, 0.5) is 0 Å². The van der Waals surface area contributed by atoms with Crippen LogP contribution in [0, 0.1) is 5.92 Å². The van der Waals surface area contributed by atoms with Crippen molar-refractivity contribution < 1.29 is 4.79 Å². The van der Waals surface area contributed by atoms with Crippen LogP contribution in [0.3, 0.4) is 0 Å². The van der Waals surface area contributed by atoms with Crippen LogP contribution in [0.2, 0.25) is 0 Å². The second kappa shape index (κ2) is 5.38. The van der Waals surface area contributed by atoms with Gasteiger partial charge in [0.25, 0.3) is 0 Å². The van der Waals surface area contributed by atoms with E-state index in [0.717, 1.165) is 12.3 Å². The van der Waals surface area contributed by atoms with Crippen molar-refractivity contribution in [3.8, 4) is 0 Å². The minimum Gasteiger partial charge on any atom is -0.327 e. The molecule has 0 aromatic heterocycles. The van der Waals surface area contributed by atoms with Gasteiger partial charge in [-0.1, -0.05) is 32.1 Å². The van der Waals surface area contributed by atoms with E-state index in [1.807, 2.05) is 0 Å². The second-order valence-electron chi connectivity index (χ2n) is 4.41. The van der Waals surface area contributed by atoms with Crippen molar-refractivity contribution >= 4 is 5.78 Å². The van der Waals surface area contributed by atoms with Gasteiger partial charge in [0.1, 0.15) is 5.78 Å². The molecule has 1 saturated carbocycles. The van der Waals surface area contributed by atoms with Gasteiger partial charge in [-0.3, -0.25) is 4.79 Å². The molecule has 0 bridgehead atoms. The first kappa shape index (κ1) is 10.7. The summed E-state index contributed by atoms with van der Waals surface area (Å²) in [7, 11) is 0. The van der Waals surface area contributed by atoms with Crippen molar-refractivity contribution in [2.75, 3.05) is 0 Å². The van der Waals surface area contributed by atoms with Gasteiger partial charge in [0.15, 0.2) is 0 Å². The van der Waals surface area contributed by atoms with Crippen LogP contribution >= 0.6 is 0 Å². The van der Waals surface area contributed by atoms with Gasteiger partial charge in [0.05, 0.1) is 0 Å². The Morgan fingerprint density at radius 1 is 1.38 bits per heavy atom. The number of rotatable bonds is 4. The van der Waals surface area contributed by atoms with Crippen LogP contribution in [0.1, 0.15) is 51.9 Å². The van der Waals surface area contributed by atoms with Gasteiger partial charge in [0, 0.05) is 12.5 Å². The minimum absolute atomic E-state index is 0.112. The summed E-state index contributed by atoms with van der Waals surface area (Å²) in [4.78, 5) is 10.8. The first-order chi connectivity index (χ1) is 6.18. The molecule has 0 saturated heterocycles. The molecule has 0 aliphatic heterocycles. The molecule has 1 aliphatic rings. The fourth-order valence-electron chi connectivity index (χ4n) is 2.30. The third-order valence-electron chi connectivity index (χ3n) is 2.91. The lowest BCUT2D eigenvalue weighted by Gasteiger charge is -2.24. The summed E-state index contributed by atoms with van der Waals surface area (Å²) in [6.45, 7) is 1.63. The standard InChI is InChI=1S/C11H21NO/c1-9(13)7-11(12)8-10-5-3-2-4-6-10/h10-11H,2-8,12H2,1H3/t11-/m1/s1. The van der Waals surface area contributed by atoms with E-state index >= 15 is 0 Å². The largest absolute Gasteiger partial charge is 0.327 e. The summed E-state index contributed by atoms with van der Waals surface area (Å²) in [6.07, 6.45) is 8.38. The number of ketones is 1. The van der Waals surface area contributed by atoms with Crippen LogP contribution in [0.25, 0.3) is 0 Å². The van der Waals surface area contributed by atoms with Crippen LogP contribution in [0.5, 0.6) is 0 Å². The van der Waals surface area contributed by atoms with Crippen molar-refractivity contribution in [2.24, 2.45) is 11.7 Å². The van der Waals surface area contributed by atoms with Crippen molar-refractivity contribution in [1.82, 2.24) is 0 Å². The first-order valence-corrected chi connectivity index (χ1v) is 5.43. The molecule has 0 aromatic rings. The Hall–Kier alpha value is -0.370. The van der Waals surface area contributed by atoms with Gasteiger partial charge in [0.2, 0.25) is 0 Å². The highest BCUT2D eigenvalue weighted by Gasteiger charge is 2.17. The van der Waals surface area contributed by atoms with Crippen molar-refractivity contribution in [2.45, 2.75) is 57.9 Å². The Kier molecular flexibility index (Phi) is 4.43. The molecule has 1 fully saturated rings. The van der Waals surface area contributed by atoms with E-state index < -0.39 is 0 Å². The highest BCUT2D eigenvalue weighted by molar-refractivity contribution is 5.76. The van der Waals surface area contributed by atoms with E-state index in [1.165, 1.54) is 32.1 Å². The Morgan fingerprint density at radius 2 is 2.00 bits per heavy atom. The average molecular weight is 183 g/mol. The highest BCUT2D eigenvalue weighted by atomic mass is 16.1. The van der Waals surface area contributed by atoms with Crippen LogP contribution in [-0.4, -0.2) is 11.8 Å². The molecule has 0 amide bonds. The van der Waals surface area contributed by atoms with Crippen LogP contribution < -0.4 is 5.73 Å². The molecule has 2 heteroatoms. The van der Waals surface area contributed by atoms with Crippen molar-refractivity contribution in [3.63, 3.8) is 0 Å². The lowest BCUT2D eigenvalue weighted by atomic mass is 9.84. The summed E-state index contributed by atoms with van der Waals surface area (Å²) in [5.74, 6) is 1.02. The molecule has 76 valence electrons. The van der Waals surface area contributed by atoms with Crippen LogP contribution in [-0.2, 0) is 4.79 Å².